The first-order chi connectivity index (χ1) is 20.7. The summed E-state index contributed by atoms with van der Waals surface area (Å²) in [5.74, 6) is 0. The Balaban J connectivity index is 1.55. The molecule has 0 heterocycles. The molecule has 0 bridgehead atoms. The Hall–Kier alpha value is -3.22. The molecular formula is C38H30P4. The third kappa shape index (κ3) is 5.24. The first-order valence-electron chi connectivity index (χ1n) is 14.0. The molecule has 4 heteroatoms. The van der Waals surface area contributed by atoms with Crippen molar-refractivity contribution in [3.8, 4) is 0 Å². The molecule has 0 aliphatic heterocycles. The molecule has 0 aliphatic carbocycles. The van der Waals surface area contributed by atoms with Crippen LogP contribution in [0.15, 0.2) is 158 Å². The molecule has 2 unspecified atom stereocenters. The van der Waals surface area contributed by atoms with Crippen LogP contribution in [0.5, 0.6) is 0 Å². The van der Waals surface area contributed by atoms with Gasteiger partial charge >= 0.3 is 0 Å². The Labute approximate surface area is 255 Å². The van der Waals surface area contributed by atoms with Gasteiger partial charge in [0.15, 0.2) is 0 Å². The smallest absolute Gasteiger partial charge is 0.000551 e. The number of fused-ring (bicyclic) bond motifs is 2. The fraction of sp³-hybridized carbons (Fsp3) is 0. The molecule has 0 aliphatic rings. The summed E-state index contributed by atoms with van der Waals surface area (Å²) in [6, 6.07) is 58.2. The summed E-state index contributed by atoms with van der Waals surface area (Å²) >= 11 is 0. The van der Waals surface area contributed by atoms with Crippen molar-refractivity contribution >= 4 is 98.3 Å². The van der Waals surface area contributed by atoms with Crippen LogP contribution in [0, 0.1) is 0 Å². The minimum atomic E-state index is -0.780. The number of hydrogen-bond acceptors (Lipinski definition) is 0. The summed E-state index contributed by atoms with van der Waals surface area (Å²) in [7, 11) is 4.58. The third-order valence-corrected chi connectivity index (χ3v) is 14.4. The van der Waals surface area contributed by atoms with Gasteiger partial charge in [-0.1, -0.05) is 140 Å². The molecule has 202 valence electrons. The molecule has 0 N–H and O–H groups in total. The molecule has 7 aromatic rings. The van der Waals surface area contributed by atoms with Gasteiger partial charge < -0.3 is 0 Å². The second-order valence-corrected chi connectivity index (χ2v) is 15.8. The quantitative estimate of drug-likeness (QED) is 0.149. The lowest BCUT2D eigenvalue weighted by Gasteiger charge is -2.25. The van der Waals surface area contributed by atoms with Crippen LogP contribution >= 0.6 is 34.3 Å². The fourth-order valence-corrected chi connectivity index (χ4v) is 11.9. The second-order valence-electron chi connectivity index (χ2n) is 10.3. The van der Waals surface area contributed by atoms with Gasteiger partial charge in [-0.3, -0.25) is 0 Å². The summed E-state index contributed by atoms with van der Waals surface area (Å²) in [6.45, 7) is 0. The normalized spacial score (nSPS) is 11.5. The van der Waals surface area contributed by atoms with Gasteiger partial charge in [0.25, 0.3) is 0 Å². The zero-order chi connectivity index (χ0) is 28.5. The molecule has 7 rings (SSSR count). The van der Waals surface area contributed by atoms with Gasteiger partial charge in [0.2, 0.25) is 0 Å². The van der Waals surface area contributed by atoms with Crippen LogP contribution in [-0.4, -0.2) is 0 Å². The van der Waals surface area contributed by atoms with Crippen molar-refractivity contribution in [3.63, 3.8) is 0 Å². The Morgan fingerprint density at radius 2 is 0.857 bits per heavy atom. The van der Waals surface area contributed by atoms with Crippen molar-refractivity contribution in [3.05, 3.63) is 158 Å². The van der Waals surface area contributed by atoms with Crippen LogP contribution in [0.1, 0.15) is 0 Å². The SMILES string of the molecule is Pc1cc2cc3cccc(P(c4ccccc4)c4ccccc4)c3cc2c(P(c2ccccc2)c2ccccc2)c1P. The summed E-state index contributed by atoms with van der Waals surface area (Å²) in [6.07, 6.45) is 0. The van der Waals surface area contributed by atoms with E-state index in [9.17, 15) is 0 Å². The van der Waals surface area contributed by atoms with E-state index in [1.807, 2.05) is 0 Å². The van der Waals surface area contributed by atoms with Crippen LogP contribution < -0.4 is 42.4 Å². The average Bonchev–Trinajstić information content (AvgIpc) is 3.05. The van der Waals surface area contributed by atoms with Crippen molar-refractivity contribution in [2.45, 2.75) is 0 Å². The van der Waals surface area contributed by atoms with Gasteiger partial charge in [-0.05, 0) is 92.7 Å². The van der Waals surface area contributed by atoms with E-state index in [2.05, 4.69) is 176 Å². The van der Waals surface area contributed by atoms with Crippen molar-refractivity contribution in [1.82, 2.24) is 0 Å². The summed E-state index contributed by atoms with van der Waals surface area (Å²) < 4.78 is 0. The maximum atomic E-state index is 3.09. The van der Waals surface area contributed by atoms with Gasteiger partial charge in [0.05, 0.1) is 0 Å². The highest BCUT2D eigenvalue weighted by Gasteiger charge is 2.24. The van der Waals surface area contributed by atoms with E-state index < -0.39 is 15.8 Å². The third-order valence-electron chi connectivity index (χ3n) is 7.68. The zero-order valence-corrected chi connectivity index (χ0v) is 27.2. The maximum absolute atomic E-state index is 3.09. The van der Waals surface area contributed by atoms with E-state index in [-0.39, 0.29) is 0 Å². The molecule has 0 saturated carbocycles. The van der Waals surface area contributed by atoms with Gasteiger partial charge in [0, 0.05) is 5.30 Å². The predicted octanol–water partition coefficient (Wildman–Crippen LogP) is 6.51. The monoisotopic (exact) mass is 610 g/mol. The molecule has 0 fully saturated rings. The highest BCUT2D eigenvalue weighted by Crippen LogP contribution is 2.39. The topological polar surface area (TPSA) is 0 Å². The van der Waals surface area contributed by atoms with Crippen LogP contribution in [0.25, 0.3) is 21.5 Å². The summed E-state index contributed by atoms with van der Waals surface area (Å²) in [4.78, 5) is 0. The molecule has 0 spiro atoms. The van der Waals surface area contributed by atoms with Crippen LogP contribution in [0.4, 0.5) is 0 Å². The lowest BCUT2D eigenvalue weighted by molar-refractivity contribution is 1.75. The lowest BCUT2D eigenvalue weighted by Crippen LogP contribution is -2.34. The van der Waals surface area contributed by atoms with Crippen molar-refractivity contribution in [1.29, 1.82) is 0 Å². The first-order valence-corrected chi connectivity index (χ1v) is 17.9. The molecule has 0 saturated heterocycles. The number of rotatable bonds is 6. The maximum Gasteiger partial charge on any atom is 0.000551 e. The fourth-order valence-electron chi connectivity index (χ4n) is 5.76. The van der Waals surface area contributed by atoms with Crippen molar-refractivity contribution in [2.24, 2.45) is 0 Å². The van der Waals surface area contributed by atoms with Crippen LogP contribution in [0.2, 0.25) is 0 Å². The van der Waals surface area contributed by atoms with Gasteiger partial charge in [0.1, 0.15) is 0 Å². The first kappa shape index (κ1) is 27.6. The Bertz CT molecular complexity index is 1910. The van der Waals surface area contributed by atoms with Gasteiger partial charge in [-0.15, -0.1) is 18.5 Å². The van der Waals surface area contributed by atoms with Crippen molar-refractivity contribution in [2.75, 3.05) is 0 Å². The zero-order valence-electron chi connectivity index (χ0n) is 23.1. The van der Waals surface area contributed by atoms with E-state index in [1.54, 1.807) is 0 Å². The minimum Gasteiger partial charge on any atom is -0.105 e. The standard InChI is InChI=1S/C38H30P4/c39-35-25-28-24-27-14-13-23-36(41(29-15-5-1-6-16-29)30-17-7-2-8-18-30)33(27)26-34(28)38(37(35)40)42(31-19-9-3-10-20-31)32-21-11-4-12-22-32/h1-26H,39-40H2. The average molecular weight is 611 g/mol. The number of hydrogen-bond donors (Lipinski definition) is 0. The molecule has 0 amide bonds. The van der Waals surface area contributed by atoms with E-state index in [1.165, 1.54) is 64.0 Å². The Morgan fingerprint density at radius 1 is 0.381 bits per heavy atom. The molecule has 0 radical (unpaired) electrons. The number of benzene rings is 7. The molecule has 0 aromatic heterocycles. The highest BCUT2D eigenvalue weighted by atomic mass is 31.1. The molecule has 0 nitrogen and oxygen atoms in total. The minimum absolute atomic E-state index is 0.732. The van der Waals surface area contributed by atoms with E-state index in [0.717, 1.165) is 0 Å². The summed E-state index contributed by atoms with van der Waals surface area (Å²) in [5.41, 5.74) is 0. The second kappa shape index (κ2) is 12.2. The van der Waals surface area contributed by atoms with Gasteiger partial charge in [-0.2, -0.15) is 0 Å². The van der Waals surface area contributed by atoms with E-state index in [4.69, 9.17) is 0 Å². The van der Waals surface area contributed by atoms with Crippen molar-refractivity contribution < 1.29 is 0 Å². The largest absolute Gasteiger partial charge is 0.105 e. The van der Waals surface area contributed by atoms with Crippen LogP contribution in [0.3, 0.4) is 0 Å². The molecule has 2 atom stereocenters. The molecule has 42 heavy (non-hydrogen) atoms. The van der Waals surface area contributed by atoms with Crippen LogP contribution in [-0.2, 0) is 0 Å². The van der Waals surface area contributed by atoms with Gasteiger partial charge in [-0.25, -0.2) is 0 Å². The predicted molar refractivity (Wildman–Crippen MR) is 198 cm³/mol. The Kier molecular flexibility index (Phi) is 8.00. The lowest BCUT2D eigenvalue weighted by atomic mass is 10.0. The highest BCUT2D eigenvalue weighted by molar-refractivity contribution is 7.81. The molecule has 7 aromatic carbocycles. The summed E-state index contributed by atoms with van der Waals surface area (Å²) in [5, 5.41) is 16.0. The van der Waals surface area contributed by atoms with E-state index in [0.29, 0.717) is 0 Å². The van der Waals surface area contributed by atoms with E-state index >= 15 is 0 Å². The Morgan fingerprint density at radius 3 is 1.36 bits per heavy atom. The molecular weight excluding hydrogens is 580 g/mol.